The molecule has 0 radical (unpaired) electrons. The van der Waals surface area contributed by atoms with Gasteiger partial charge in [-0.25, -0.2) is 12.7 Å². The normalized spacial score (nSPS) is 24.7. The lowest BCUT2D eigenvalue weighted by Crippen LogP contribution is -2.52. The molecule has 204 valence electrons. The van der Waals surface area contributed by atoms with E-state index in [1.165, 1.54) is 27.4 Å². The zero-order chi connectivity index (χ0) is 26.7. The number of sulfonamides is 1. The van der Waals surface area contributed by atoms with Crippen LogP contribution in [-0.4, -0.2) is 87.4 Å². The minimum absolute atomic E-state index is 0.0479. The lowest BCUT2D eigenvalue weighted by Gasteiger charge is -2.38. The van der Waals surface area contributed by atoms with E-state index in [0.717, 1.165) is 31.0 Å². The molecule has 37 heavy (non-hydrogen) atoms. The second-order valence-electron chi connectivity index (χ2n) is 10.7. The predicted molar refractivity (Wildman–Crippen MR) is 143 cm³/mol. The second-order valence-corrected chi connectivity index (χ2v) is 12.6. The number of carbonyl (C=O) groups is 1. The number of aromatic nitrogens is 1. The fourth-order valence-corrected chi connectivity index (χ4v) is 6.52. The van der Waals surface area contributed by atoms with Crippen molar-refractivity contribution in [3.63, 3.8) is 0 Å². The topological polar surface area (TPSA) is 96.2 Å². The lowest BCUT2D eigenvalue weighted by atomic mass is 9.82. The summed E-state index contributed by atoms with van der Waals surface area (Å²) in [6.07, 6.45) is 2.15. The van der Waals surface area contributed by atoms with E-state index in [2.05, 4.69) is 42.1 Å². The van der Waals surface area contributed by atoms with E-state index in [9.17, 15) is 13.2 Å². The van der Waals surface area contributed by atoms with Crippen LogP contribution in [0.2, 0.25) is 0 Å². The standard InChI is InChI=1S/C22H33N3O4S.C5H7NO/c1-16-4-5-17(2)21(12-16)23-7-9-24(10-8-23)22(26)20-14-25(30(3,27)28)13-19(20)18-6-11-29-15-18;1-4-3-5(2)7-6-4/h4-5,12,18-20H,6-11,13-15H2,1-3H3;3H,1-2H3/t18?,19?,20-;/m1./s1. The van der Waals surface area contributed by atoms with Gasteiger partial charge in [0.05, 0.1) is 17.9 Å². The van der Waals surface area contributed by atoms with E-state index in [0.29, 0.717) is 39.4 Å². The summed E-state index contributed by atoms with van der Waals surface area (Å²) in [5, 5.41) is 3.64. The zero-order valence-corrected chi connectivity index (χ0v) is 23.5. The zero-order valence-electron chi connectivity index (χ0n) is 22.6. The summed E-state index contributed by atoms with van der Waals surface area (Å²) in [7, 11) is -3.30. The maximum absolute atomic E-state index is 13.4. The Balaban J connectivity index is 0.000000396. The molecule has 1 aromatic heterocycles. The number of piperazine rings is 1. The summed E-state index contributed by atoms with van der Waals surface area (Å²) >= 11 is 0. The highest BCUT2D eigenvalue weighted by molar-refractivity contribution is 7.88. The van der Waals surface area contributed by atoms with Crippen molar-refractivity contribution in [3.05, 3.63) is 46.8 Å². The van der Waals surface area contributed by atoms with Gasteiger partial charge in [0.25, 0.3) is 0 Å². The van der Waals surface area contributed by atoms with Crippen LogP contribution in [0, 0.1) is 45.4 Å². The number of benzene rings is 1. The highest BCUT2D eigenvalue weighted by Crippen LogP contribution is 2.36. The summed E-state index contributed by atoms with van der Waals surface area (Å²) in [5.74, 6) is 1.03. The number of amides is 1. The van der Waals surface area contributed by atoms with Crippen LogP contribution in [0.4, 0.5) is 5.69 Å². The van der Waals surface area contributed by atoms with Crippen molar-refractivity contribution in [1.29, 1.82) is 0 Å². The fraction of sp³-hybridized carbons (Fsp3) is 0.630. The van der Waals surface area contributed by atoms with Gasteiger partial charge in [0, 0.05) is 64.2 Å². The van der Waals surface area contributed by atoms with Crippen LogP contribution in [0.25, 0.3) is 0 Å². The van der Waals surface area contributed by atoms with Crippen LogP contribution in [0.5, 0.6) is 0 Å². The van der Waals surface area contributed by atoms with E-state index in [1.54, 1.807) is 0 Å². The Bertz CT molecular complexity index is 1170. The third kappa shape index (κ3) is 6.72. The molecule has 3 saturated heterocycles. The van der Waals surface area contributed by atoms with E-state index in [4.69, 9.17) is 9.26 Å². The molecular formula is C27H40N4O5S. The molecule has 0 spiro atoms. The number of hydrogen-bond donors (Lipinski definition) is 0. The maximum atomic E-state index is 13.4. The molecule has 2 unspecified atom stereocenters. The van der Waals surface area contributed by atoms with Crippen LogP contribution in [0.3, 0.4) is 0 Å². The summed E-state index contributed by atoms with van der Waals surface area (Å²) < 4.78 is 36.1. The average molecular weight is 533 g/mol. The van der Waals surface area contributed by atoms with Crippen molar-refractivity contribution >= 4 is 21.6 Å². The molecule has 0 saturated carbocycles. The highest BCUT2D eigenvalue weighted by atomic mass is 32.2. The van der Waals surface area contributed by atoms with Crippen molar-refractivity contribution in [3.8, 4) is 0 Å². The predicted octanol–water partition coefficient (Wildman–Crippen LogP) is 2.79. The van der Waals surface area contributed by atoms with E-state index < -0.39 is 10.0 Å². The molecule has 10 heteroatoms. The molecule has 1 aromatic carbocycles. The van der Waals surface area contributed by atoms with Gasteiger partial charge < -0.3 is 19.1 Å². The van der Waals surface area contributed by atoms with Crippen molar-refractivity contribution in [2.75, 3.05) is 63.6 Å². The van der Waals surface area contributed by atoms with Gasteiger partial charge >= 0.3 is 0 Å². The van der Waals surface area contributed by atoms with Crippen molar-refractivity contribution in [2.24, 2.45) is 17.8 Å². The van der Waals surface area contributed by atoms with Gasteiger partial charge in [0.2, 0.25) is 15.9 Å². The van der Waals surface area contributed by atoms with Gasteiger partial charge in [-0.1, -0.05) is 17.3 Å². The first-order chi connectivity index (χ1) is 17.5. The Morgan fingerprint density at radius 1 is 1.03 bits per heavy atom. The van der Waals surface area contributed by atoms with Gasteiger partial charge in [-0.15, -0.1) is 0 Å². The third-order valence-corrected chi connectivity index (χ3v) is 8.97. The molecule has 3 aliphatic heterocycles. The first-order valence-corrected chi connectivity index (χ1v) is 14.9. The number of rotatable bonds is 4. The molecule has 3 fully saturated rings. The van der Waals surface area contributed by atoms with Gasteiger partial charge in [-0.2, -0.15) is 0 Å². The highest BCUT2D eigenvalue weighted by Gasteiger charge is 2.46. The molecule has 4 heterocycles. The molecule has 0 N–H and O–H groups in total. The van der Waals surface area contributed by atoms with E-state index in [1.807, 2.05) is 24.8 Å². The molecule has 9 nitrogen and oxygen atoms in total. The van der Waals surface area contributed by atoms with E-state index in [-0.39, 0.29) is 23.7 Å². The molecule has 0 aliphatic carbocycles. The number of anilines is 1. The Kier molecular flexibility index (Phi) is 8.60. The number of hydrogen-bond acceptors (Lipinski definition) is 7. The van der Waals surface area contributed by atoms with Gasteiger partial charge in [-0.05, 0) is 63.1 Å². The van der Waals surface area contributed by atoms with Crippen LogP contribution in [0.15, 0.2) is 28.8 Å². The van der Waals surface area contributed by atoms with Crippen molar-refractivity contribution in [1.82, 2.24) is 14.4 Å². The van der Waals surface area contributed by atoms with Crippen molar-refractivity contribution < 1.29 is 22.5 Å². The summed E-state index contributed by atoms with van der Waals surface area (Å²) in [6, 6.07) is 8.37. The Labute approximate surface area is 220 Å². The minimum atomic E-state index is -3.30. The fourth-order valence-electron chi connectivity index (χ4n) is 5.64. The smallest absolute Gasteiger partial charge is 0.227 e. The largest absolute Gasteiger partial charge is 0.381 e. The van der Waals surface area contributed by atoms with Gasteiger partial charge in [0.15, 0.2) is 0 Å². The number of nitrogens with zero attached hydrogens (tertiary/aromatic N) is 4. The van der Waals surface area contributed by atoms with Crippen LogP contribution < -0.4 is 4.90 Å². The van der Waals surface area contributed by atoms with Gasteiger partial charge in [-0.3, -0.25) is 4.79 Å². The number of aryl methyl sites for hydroxylation is 4. The summed E-state index contributed by atoms with van der Waals surface area (Å²) in [5.41, 5.74) is 4.67. The van der Waals surface area contributed by atoms with Crippen LogP contribution in [-0.2, 0) is 19.6 Å². The van der Waals surface area contributed by atoms with Crippen LogP contribution in [0.1, 0.15) is 29.0 Å². The summed E-state index contributed by atoms with van der Waals surface area (Å²) in [4.78, 5) is 17.7. The molecule has 3 aliphatic rings. The van der Waals surface area contributed by atoms with Crippen LogP contribution >= 0.6 is 0 Å². The lowest BCUT2D eigenvalue weighted by molar-refractivity contribution is -0.137. The third-order valence-electron chi connectivity index (χ3n) is 7.73. The summed E-state index contributed by atoms with van der Waals surface area (Å²) in [6.45, 7) is 13.0. The van der Waals surface area contributed by atoms with E-state index >= 15 is 0 Å². The second kappa shape index (κ2) is 11.5. The average Bonchev–Trinajstić information content (AvgIpc) is 3.61. The molecular weight excluding hydrogens is 492 g/mol. The SMILES string of the molecule is Cc1cc(C)on1.Cc1ccc(C)c(N2CCN(C(=O)[C@@H]3CN(S(C)(=O)=O)CC3C3CCOC3)CC2)c1. The van der Waals surface area contributed by atoms with Crippen molar-refractivity contribution in [2.45, 2.75) is 34.1 Å². The first kappa shape index (κ1) is 27.6. The Hall–Kier alpha value is -2.43. The Morgan fingerprint density at radius 2 is 1.76 bits per heavy atom. The quantitative estimate of drug-likeness (QED) is 0.597. The monoisotopic (exact) mass is 532 g/mol. The maximum Gasteiger partial charge on any atom is 0.227 e. The molecule has 5 rings (SSSR count). The molecule has 0 bridgehead atoms. The molecule has 3 atom stereocenters. The number of ether oxygens (including phenoxy) is 1. The Morgan fingerprint density at radius 3 is 2.30 bits per heavy atom. The number of carbonyl (C=O) groups excluding carboxylic acids is 1. The first-order valence-electron chi connectivity index (χ1n) is 13.1. The molecule has 2 aromatic rings. The minimum Gasteiger partial charge on any atom is -0.381 e. The van der Waals surface area contributed by atoms with Gasteiger partial charge in [0.1, 0.15) is 5.76 Å². The molecule has 1 amide bonds.